The summed E-state index contributed by atoms with van der Waals surface area (Å²) in [6, 6.07) is 13.1. The third-order valence-corrected chi connectivity index (χ3v) is 4.74. The molecule has 0 heterocycles. The van der Waals surface area contributed by atoms with Gasteiger partial charge >= 0.3 is 6.09 Å². The van der Waals surface area contributed by atoms with Crippen LogP contribution in [0.4, 0.5) is 9.18 Å². The molecule has 0 bridgehead atoms. The Bertz CT molecular complexity index is 887. The summed E-state index contributed by atoms with van der Waals surface area (Å²) < 4.78 is 18.3. The molecule has 2 aromatic carbocycles. The van der Waals surface area contributed by atoms with Crippen molar-refractivity contribution in [1.82, 2.24) is 10.6 Å². The minimum absolute atomic E-state index is 0.0481. The molecule has 0 aliphatic heterocycles. The number of phenolic OH excluding ortho intramolecular Hbond substituents is 1. The third kappa shape index (κ3) is 8.37. The molecule has 2 aromatic rings. The first-order valence-corrected chi connectivity index (χ1v) is 10.4. The molecular formula is C24H29FN2O5. The van der Waals surface area contributed by atoms with Crippen molar-refractivity contribution in [1.29, 1.82) is 0 Å². The van der Waals surface area contributed by atoms with Gasteiger partial charge < -0.3 is 20.5 Å². The summed E-state index contributed by atoms with van der Waals surface area (Å²) in [6.07, 6.45) is -0.398. The third-order valence-electron chi connectivity index (χ3n) is 4.74. The van der Waals surface area contributed by atoms with Crippen molar-refractivity contribution >= 4 is 17.8 Å². The fraction of sp³-hybridized carbons (Fsp3) is 0.375. The minimum Gasteiger partial charge on any atom is -0.508 e. The highest BCUT2D eigenvalue weighted by molar-refractivity contribution is 5.92. The topological polar surface area (TPSA) is 105 Å². The zero-order valence-electron chi connectivity index (χ0n) is 18.2. The van der Waals surface area contributed by atoms with Gasteiger partial charge in [-0.3, -0.25) is 9.59 Å². The molecule has 0 saturated heterocycles. The summed E-state index contributed by atoms with van der Waals surface area (Å²) in [5.41, 5.74) is 1.44. The van der Waals surface area contributed by atoms with Gasteiger partial charge in [-0.25, -0.2) is 9.18 Å². The fourth-order valence-corrected chi connectivity index (χ4v) is 3.09. The number of carbonyl (C=O) groups excluding carboxylic acids is 3. The molecule has 2 rings (SSSR count). The predicted octanol–water partition coefficient (Wildman–Crippen LogP) is 3.30. The van der Waals surface area contributed by atoms with Crippen LogP contribution in [-0.2, 0) is 27.4 Å². The van der Waals surface area contributed by atoms with Gasteiger partial charge in [0.05, 0.1) is 6.04 Å². The number of ketones is 1. The van der Waals surface area contributed by atoms with Crippen LogP contribution in [0.15, 0.2) is 54.6 Å². The maximum absolute atomic E-state index is 13.1. The standard InChI is InChI=1S/C24H29FN2O5/c1-16(2)12-21(27-24(31)32-15-18-6-4-3-5-7-18)23(30)26-20(22(29)14-25)13-17-8-10-19(28)11-9-17/h3-11,16,20-21,28H,12-15H2,1-2H3,(H,26,30)(H,27,31)/t20-,21-/m0/s1. The first-order chi connectivity index (χ1) is 15.3. The fourth-order valence-electron chi connectivity index (χ4n) is 3.09. The van der Waals surface area contributed by atoms with Crippen molar-refractivity contribution in [2.75, 3.05) is 6.67 Å². The Kier molecular flexibility index (Phi) is 9.66. The van der Waals surface area contributed by atoms with Gasteiger partial charge in [0, 0.05) is 0 Å². The van der Waals surface area contributed by atoms with Crippen molar-refractivity contribution < 1.29 is 28.6 Å². The minimum atomic E-state index is -1.23. The van der Waals surface area contributed by atoms with Gasteiger partial charge in [0.1, 0.15) is 25.1 Å². The van der Waals surface area contributed by atoms with E-state index in [1.54, 1.807) is 12.1 Å². The molecule has 0 fully saturated rings. The van der Waals surface area contributed by atoms with E-state index in [1.807, 2.05) is 44.2 Å². The Morgan fingerprint density at radius 2 is 1.59 bits per heavy atom. The number of rotatable bonds is 11. The van der Waals surface area contributed by atoms with Gasteiger partial charge in [0.25, 0.3) is 0 Å². The largest absolute Gasteiger partial charge is 0.508 e. The summed E-state index contributed by atoms with van der Waals surface area (Å²) >= 11 is 0. The molecule has 3 N–H and O–H groups in total. The molecule has 0 aliphatic carbocycles. The highest BCUT2D eigenvalue weighted by Crippen LogP contribution is 2.13. The lowest BCUT2D eigenvalue weighted by Crippen LogP contribution is -2.53. The lowest BCUT2D eigenvalue weighted by Gasteiger charge is -2.23. The molecule has 2 amide bonds. The zero-order chi connectivity index (χ0) is 23.5. The molecule has 0 aromatic heterocycles. The van der Waals surface area contributed by atoms with E-state index >= 15 is 0 Å². The number of halogens is 1. The number of alkyl halides is 1. The van der Waals surface area contributed by atoms with Gasteiger partial charge in [0.15, 0.2) is 5.78 Å². The number of amides is 2. The van der Waals surface area contributed by atoms with Crippen molar-refractivity contribution in [2.24, 2.45) is 5.92 Å². The maximum atomic E-state index is 13.1. The molecule has 0 radical (unpaired) electrons. The second-order valence-electron chi connectivity index (χ2n) is 7.92. The van der Waals surface area contributed by atoms with E-state index < -0.39 is 36.5 Å². The summed E-state index contributed by atoms with van der Waals surface area (Å²) in [4.78, 5) is 37.2. The van der Waals surface area contributed by atoms with Gasteiger partial charge in [0.2, 0.25) is 5.91 Å². The number of nitrogens with one attached hydrogen (secondary N) is 2. The van der Waals surface area contributed by atoms with Gasteiger partial charge in [-0.05, 0) is 42.0 Å². The molecule has 172 valence electrons. The molecule has 0 unspecified atom stereocenters. The van der Waals surface area contributed by atoms with E-state index in [0.29, 0.717) is 12.0 Å². The number of hydrogen-bond donors (Lipinski definition) is 3. The van der Waals surface area contributed by atoms with E-state index in [1.165, 1.54) is 12.1 Å². The summed E-state index contributed by atoms with van der Waals surface area (Å²) in [7, 11) is 0. The Balaban J connectivity index is 2.03. The van der Waals surface area contributed by atoms with Crippen molar-refractivity contribution in [3.8, 4) is 5.75 Å². The average Bonchev–Trinajstić information content (AvgIpc) is 2.78. The van der Waals surface area contributed by atoms with Gasteiger partial charge in [-0.1, -0.05) is 56.3 Å². The molecule has 0 spiro atoms. The first kappa shape index (κ1) is 24.8. The normalized spacial score (nSPS) is 12.6. The van der Waals surface area contributed by atoms with Crippen LogP contribution in [0.3, 0.4) is 0 Å². The zero-order valence-corrected chi connectivity index (χ0v) is 18.2. The Labute approximate surface area is 187 Å². The van der Waals surface area contributed by atoms with Crippen LogP contribution in [0.5, 0.6) is 5.75 Å². The van der Waals surface area contributed by atoms with Crippen LogP contribution in [-0.4, -0.2) is 41.6 Å². The summed E-state index contributed by atoms with van der Waals surface area (Å²) in [5.74, 6) is -1.25. The van der Waals surface area contributed by atoms with Crippen LogP contribution >= 0.6 is 0 Å². The van der Waals surface area contributed by atoms with Crippen LogP contribution < -0.4 is 10.6 Å². The Morgan fingerprint density at radius 1 is 0.938 bits per heavy atom. The van der Waals surface area contributed by atoms with Crippen LogP contribution in [0, 0.1) is 5.92 Å². The molecule has 2 atom stereocenters. The summed E-state index contributed by atoms with van der Waals surface area (Å²) in [6.45, 7) is 2.59. The molecule has 7 nitrogen and oxygen atoms in total. The number of hydrogen-bond acceptors (Lipinski definition) is 5. The number of phenols is 1. The molecule has 0 saturated carbocycles. The number of aromatic hydroxyl groups is 1. The number of ether oxygens (including phenoxy) is 1. The summed E-state index contributed by atoms with van der Waals surface area (Å²) in [5, 5.41) is 14.5. The maximum Gasteiger partial charge on any atom is 0.408 e. The van der Waals surface area contributed by atoms with Gasteiger partial charge in [-0.2, -0.15) is 0 Å². The number of alkyl carbamates (subject to hydrolysis) is 1. The van der Waals surface area contributed by atoms with Crippen LogP contribution in [0.1, 0.15) is 31.4 Å². The Hall–Kier alpha value is -3.42. The predicted molar refractivity (Wildman–Crippen MR) is 118 cm³/mol. The van der Waals surface area contributed by atoms with Crippen molar-refractivity contribution in [3.05, 3.63) is 65.7 Å². The second kappa shape index (κ2) is 12.4. The van der Waals surface area contributed by atoms with Crippen molar-refractivity contribution in [2.45, 2.75) is 45.4 Å². The van der Waals surface area contributed by atoms with E-state index in [0.717, 1.165) is 5.56 Å². The lowest BCUT2D eigenvalue weighted by atomic mass is 10.00. The van der Waals surface area contributed by atoms with E-state index in [9.17, 15) is 23.9 Å². The molecule has 0 aliphatic rings. The Morgan fingerprint density at radius 3 is 2.19 bits per heavy atom. The molecule has 32 heavy (non-hydrogen) atoms. The van der Waals surface area contributed by atoms with E-state index in [2.05, 4.69) is 10.6 Å². The lowest BCUT2D eigenvalue weighted by molar-refractivity contribution is -0.129. The first-order valence-electron chi connectivity index (χ1n) is 10.4. The quantitative estimate of drug-likeness (QED) is 0.493. The second-order valence-corrected chi connectivity index (χ2v) is 7.92. The molecule has 8 heteroatoms. The number of Topliss-reactive ketones (excluding diaryl/α,β-unsaturated/α-hetero) is 1. The highest BCUT2D eigenvalue weighted by atomic mass is 19.1. The van der Waals surface area contributed by atoms with E-state index in [-0.39, 0.29) is 24.7 Å². The van der Waals surface area contributed by atoms with Crippen molar-refractivity contribution in [3.63, 3.8) is 0 Å². The monoisotopic (exact) mass is 444 g/mol. The SMILES string of the molecule is CC(C)C[C@H](NC(=O)OCc1ccccc1)C(=O)N[C@@H](Cc1ccc(O)cc1)C(=O)CF. The van der Waals surface area contributed by atoms with Gasteiger partial charge in [-0.15, -0.1) is 0 Å². The number of benzene rings is 2. The molecular weight excluding hydrogens is 415 g/mol. The average molecular weight is 445 g/mol. The smallest absolute Gasteiger partial charge is 0.408 e. The van der Waals surface area contributed by atoms with E-state index in [4.69, 9.17) is 4.74 Å². The highest BCUT2D eigenvalue weighted by Gasteiger charge is 2.28. The number of carbonyl (C=O) groups is 3. The van der Waals surface area contributed by atoms with Crippen LogP contribution in [0.2, 0.25) is 0 Å². The van der Waals surface area contributed by atoms with Crippen LogP contribution in [0.25, 0.3) is 0 Å².